The first-order chi connectivity index (χ1) is 13.5. The molecule has 0 radical (unpaired) electrons. The highest BCUT2D eigenvalue weighted by Crippen LogP contribution is 2.67. The number of carbonyl (C=O) groups excluding carboxylic acids is 1. The highest BCUT2D eigenvalue weighted by atomic mass is 79.9. The van der Waals surface area contributed by atoms with Crippen molar-refractivity contribution in [3.8, 4) is 0 Å². The highest BCUT2D eigenvalue weighted by molar-refractivity contribution is 9.10. The summed E-state index contributed by atoms with van der Waals surface area (Å²) in [5.41, 5.74) is -0.0225. The Bertz CT molecular complexity index is 985. The largest absolute Gasteiger partial charge is 0.460 e. The summed E-state index contributed by atoms with van der Waals surface area (Å²) >= 11 is 3.40. The lowest BCUT2D eigenvalue weighted by Gasteiger charge is -2.20. The molecule has 3 aromatic rings. The molecule has 0 aliphatic heterocycles. The van der Waals surface area contributed by atoms with E-state index < -0.39 is 17.1 Å². The molecule has 4 heteroatoms. The maximum absolute atomic E-state index is 16.1. The fourth-order valence-corrected chi connectivity index (χ4v) is 4.02. The van der Waals surface area contributed by atoms with Crippen molar-refractivity contribution in [1.82, 2.24) is 0 Å². The predicted molar refractivity (Wildman–Crippen MR) is 111 cm³/mol. The van der Waals surface area contributed by atoms with Crippen LogP contribution in [0.25, 0.3) is 0 Å². The van der Waals surface area contributed by atoms with Gasteiger partial charge in [-0.3, -0.25) is 4.79 Å². The van der Waals surface area contributed by atoms with Crippen molar-refractivity contribution >= 4 is 21.9 Å². The zero-order valence-corrected chi connectivity index (χ0v) is 17.1. The van der Waals surface area contributed by atoms with E-state index >= 15 is 4.39 Å². The van der Waals surface area contributed by atoms with Crippen LogP contribution >= 0.6 is 15.9 Å². The number of esters is 1. The Balaban J connectivity index is 1.68. The minimum Gasteiger partial charge on any atom is -0.460 e. The molecule has 0 spiro atoms. The summed E-state index contributed by atoms with van der Waals surface area (Å²) in [6.45, 7) is 2.08. The third-order valence-electron chi connectivity index (χ3n) is 5.47. The second-order valence-electron chi connectivity index (χ2n) is 7.32. The van der Waals surface area contributed by atoms with Crippen LogP contribution < -0.4 is 0 Å². The molecule has 0 heterocycles. The third-order valence-corrected chi connectivity index (χ3v) is 6.00. The van der Waals surface area contributed by atoms with Crippen molar-refractivity contribution in [3.63, 3.8) is 0 Å². The number of halogens is 2. The normalized spacial score (nSPS) is 23.2. The number of alkyl halides is 1. The van der Waals surface area contributed by atoms with Gasteiger partial charge in [-0.05, 0) is 35.7 Å². The molecule has 1 aliphatic carbocycles. The van der Waals surface area contributed by atoms with Crippen LogP contribution in [0.4, 0.5) is 4.39 Å². The molecule has 1 saturated carbocycles. The van der Waals surface area contributed by atoms with E-state index in [1.165, 1.54) is 0 Å². The lowest BCUT2D eigenvalue weighted by atomic mass is 9.89. The number of rotatable bonds is 5. The molecule has 0 unspecified atom stereocenters. The average Bonchev–Trinajstić information content (AvgIpc) is 3.36. The number of hydrogen-bond acceptors (Lipinski definition) is 2. The van der Waals surface area contributed by atoms with Gasteiger partial charge in [-0.15, -0.1) is 0 Å². The molecular formula is C24H20BrFO2. The van der Waals surface area contributed by atoms with Gasteiger partial charge in [0.2, 0.25) is 0 Å². The second-order valence-corrected chi connectivity index (χ2v) is 8.23. The lowest BCUT2D eigenvalue weighted by molar-refractivity contribution is -0.149. The summed E-state index contributed by atoms with van der Waals surface area (Å²) in [5, 5.41) is 0. The van der Waals surface area contributed by atoms with Crippen LogP contribution in [0.1, 0.15) is 28.7 Å². The van der Waals surface area contributed by atoms with Crippen molar-refractivity contribution in [2.24, 2.45) is 0 Å². The molecule has 0 saturated heterocycles. The number of aryl methyl sites for hydroxylation is 1. The van der Waals surface area contributed by atoms with Gasteiger partial charge in [-0.2, -0.15) is 0 Å². The molecule has 28 heavy (non-hydrogen) atoms. The molecule has 1 fully saturated rings. The van der Waals surface area contributed by atoms with Gasteiger partial charge >= 0.3 is 5.97 Å². The molecule has 2 atom stereocenters. The Morgan fingerprint density at radius 2 is 1.57 bits per heavy atom. The van der Waals surface area contributed by atoms with Crippen LogP contribution in [0, 0.1) is 6.92 Å². The monoisotopic (exact) mass is 438 g/mol. The predicted octanol–water partition coefficient (Wildman–Crippen LogP) is 6.01. The zero-order valence-electron chi connectivity index (χ0n) is 15.5. The van der Waals surface area contributed by atoms with E-state index in [2.05, 4.69) is 15.9 Å². The van der Waals surface area contributed by atoms with Crippen molar-refractivity contribution < 1.29 is 13.9 Å². The topological polar surface area (TPSA) is 26.3 Å². The van der Waals surface area contributed by atoms with Gasteiger partial charge in [-0.25, -0.2) is 4.39 Å². The molecular weight excluding hydrogens is 419 g/mol. The highest BCUT2D eigenvalue weighted by Gasteiger charge is 2.76. The van der Waals surface area contributed by atoms with Crippen molar-refractivity contribution in [2.75, 3.05) is 0 Å². The van der Waals surface area contributed by atoms with Crippen LogP contribution in [0.2, 0.25) is 0 Å². The summed E-state index contributed by atoms with van der Waals surface area (Å²) in [4.78, 5) is 13.2. The molecule has 3 aromatic carbocycles. The Labute approximate surface area is 172 Å². The Hall–Kier alpha value is -2.46. The number of benzene rings is 3. The molecule has 0 amide bonds. The third kappa shape index (κ3) is 3.16. The first kappa shape index (κ1) is 18.9. The van der Waals surface area contributed by atoms with E-state index in [-0.39, 0.29) is 13.0 Å². The Kier molecular flexibility index (Phi) is 4.84. The van der Waals surface area contributed by atoms with Gasteiger partial charge in [0.05, 0.1) is 0 Å². The summed E-state index contributed by atoms with van der Waals surface area (Å²) in [6.07, 6.45) is 0.0817. The minimum absolute atomic E-state index is 0.0817. The van der Waals surface area contributed by atoms with Crippen LogP contribution in [0.5, 0.6) is 0 Å². The molecule has 0 N–H and O–H groups in total. The smallest absolute Gasteiger partial charge is 0.320 e. The summed E-state index contributed by atoms with van der Waals surface area (Å²) in [5.74, 6) is -0.526. The zero-order chi connectivity index (χ0) is 19.8. The lowest BCUT2D eigenvalue weighted by Crippen LogP contribution is -2.30. The molecule has 0 aromatic heterocycles. The summed E-state index contributed by atoms with van der Waals surface area (Å²) in [7, 11) is 0. The molecule has 2 nitrogen and oxygen atoms in total. The molecule has 4 rings (SSSR count). The first-order valence-corrected chi connectivity index (χ1v) is 9.98. The maximum Gasteiger partial charge on any atom is 0.320 e. The van der Waals surface area contributed by atoms with Crippen molar-refractivity contribution in [1.29, 1.82) is 0 Å². The van der Waals surface area contributed by atoms with Crippen LogP contribution in [0.3, 0.4) is 0 Å². The van der Waals surface area contributed by atoms with E-state index in [9.17, 15) is 4.79 Å². The van der Waals surface area contributed by atoms with Crippen LogP contribution in [-0.2, 0) is 27.2 Å². The standard InChI is InChI=1S/C24H20BrFO2/c1-17-7-9-20(10-8-17)24(26)16-23(24,19-11-13-21(25)14-12-19)22(27)28-15-18-5-3-2-4-6-18/h2-14H,15-16H2,1H3/t23-,24-/m1/s1. The van der Waals surface area contributed by atoms with Gasteiger partial charge in [0.25, 0.3) is 0 Å². The Morgan fingerprint density at radius 3 is 2.21 bits per heavy atom. The van der Waals surface area contributed by atoms with E-state index in [1.54, 1.807) is 24.3 Å². The van der Waals surface area contributed by atoms with Crippen molar-refractivity contribution in [3.05, 3.63) is 106 Å². The maximum atomic E-state index is 16.1. The minimum atomic E-state index is -1.78. The van der Waals surface area contributed by atoms with Crippen LogP contribution in [0.15, 0.2) is 83.3 Å². The first-order valence-electron chi connectivity index (χ1n) is 9.19. The van der Waals surface area contributed by atoms with E-state index in [0.29, 0.717) is 11.1 Å². The summed E-state index contributed by atoms with van der Waals surface area (Å²) in [6, 6.07) is 24.0. The Morgan fingerprint density at radius 1 is 0.964 bits per heavy atom. The number of hydrogen-bond donors (Lipinski definition) is 0. The van der Waals surface area contributed by atoms with Gasteiger partial charge < -0.3 is 4.74 Å². The fourth-order valence-electron chi connectivity index (χ4n) is 3.75. The molecule has 0 bridgehead atoms. The van der Waals surface area contributed by atoms with Gasteiger partial charge in [0.15, 0.2) is 5.67 Å². The van der Waals surface area contributed by atoms with E-state index in [1.807, 2.05) is 61.5 Å². The summed E-state index contributed by atoms with van der Waals surface area (Å²) < 4.78 is 22.6. The van der Waals surface area contributed by atoms with E-state index in [4.69, 9.17) is 4.74 Å². The number of ether oxygens (including phenoxy) is 1. The number of carbonyl (C=O) groups is 1. The quantitative estimate of drug-likeness (QED) is 0.456. The van der Waals surface area contributed by atoms with Gasteiger partial charge in [0.1, 0.15) is 12.0 Å². The van der Waals surface area contributed by atoms with Crippen LogP contribution in [-0.4, -0.2) is 5.97 Å². The second kappa shape index (κ2) is 7.17. The average molecular weight is 439 g/mol. The fraction of sp³-hybridized carbons (Fsp3) is 0.208. The van der Waals surface area contributed by atoms with Gasteiger partial charge in [-0.1, -0.05) is 88.2 Å². The van der Waals surface area contributed by atoms with Gasteiger partial charge in [0, 0.05) is 10.9 Å². The molecule has 1 aliphatic rings. The SMILES string of the molecule is Cc1ccc([C@]2(F)C[C@]2(C(=O)OCc2ccccc2)c2ccc(Br)cc2)cc1. The van der Waals surface area contributed by atoms with Crippen molar-refractivity contribution in [2.45, 2.75) is 31.0 Å². The van der Waals surface area contributed by atoms with E-state index in [0.717, 1.165) is 15.6 Å². The molecule has 142 valence electrons.